The van der Waals surface area contributed by atoms with Crippen LogP contribution in [0.2, 0.25) is 0 Å². The number of nitrogens with one attached hydrogen (secondary N) is 1. The van der Waals surface area contributed by atoms with Gasteiger partial charge in [-0.2, -0.15) is 11.8 Å². The molecule has 0 radical (unpaired) electrons. The SMILES string of the molecule is CCCNCC(CC)N1CCCSCC1. The molecule has 1 fully saturated rings. The maximum absolute atomic E-state index is 3.56. The molecule has 1 aliphatic rings. The van der Waals surface area contributed by atoms with Gasteiger partial charge in [-0.25, -0.2) is 0 Å². The van der Waals surface area contributed by atoms with E-state index in [4.69, 9.17) is 0 Å². The first-order valence-corrected chi connectivity index (χ1v) is 7.56. The number of rotatable bonds is 6. The summed E-state index contributed by atoms with van der Waals surface area (Å²) in [6.45, 7) is 9.48. The lowest BCUT2D eigenvalue weighted by Gasteiger charge is -2.29. The zero-order valence-electron chi connectivity index (χ0n) is 10.3. The second-order valence-corrected chi connectivity index (χ2v) is 5.49. The summed E-state index contributed by atoms with van der Waals surface area (Å²) in [5.41, 5.74) is 0. The summed E-state index contributed by atoms with van der Waals surface area (Å²) < 4.78 is 0. The predicted molar refractivity (Wildman–Crippen MR) is 70.8 cm³/mol. The van der Waals surface area contributed by atoms with Gasteiger partial charge in [-0.3, -0.25) is 4.90 Å². The van der Waals surface area contributed by atoms with E-state index in [9.17, 15) is 0 Å². The average Bonchev–Trinajstić information content (AvgIpc) is 2.53. The van der Waals surface area contributed by atoms with E-state index in [1.54, 1.807) is 0 Å². The first-order valence-electron chi connectivity index (χ1n) is 6.41. The number of hydrogen-bond acceptors (Lipinski definition) is 3. The van der Waals surface area contributed by atoms with Gasteiger partial charge in [0.05, 0.1) is 0 Å². The Bertz CT molecular complexity index is 145. The first-order chi connectivity index (χ1) is 7.38. The van der Waals surface area contributed by atoms with Crippen molar-refractivity contribution in [2.24, 2.45) is 0 Å². The zero-order valence-corrected chi connectivity index (χ0v) is 11.1. The maximum atomic E-state index is 3.56. The van der Waals surface area contributed by atoms with Crippen LogP contribution >= 0.6 is 11.8 Å². The highest BCUT2D eigenvalue weighted by molar-refractivity contribution is 7.99. The molecular formula is C12H26N2S. The Balaban J connectivity index is 2.27. The summed E-state index contributed by atoms with van der Waals surface area (Å²) in [5.74, 6) is 2.68. The third kappa shape index (κ3) is 5.23. The minimum atomic E-state index is 0.759. The van der Waals surface area contributed by atoms with E-state index < -0.39 is 0 Å². The molecule has 1 N–H and O–H groups in total. The first kappa shape index (κ1) is 13.3. The van der Waals surface area contributed by atoms with Crippen molar-refractivity contribution in [3.8, 4) is 0 Å². The fourth-order valence-electron chi connectivity index (χ4n) is 2.11. The zero-order chi connectivity index (χ0) is 10.9. The number of thioether (sulfide) groups is 1. The summed E-state index contributed by atoms with van der Waals surface area (Å²) in [4.78, 5) is 2.68. The summed E-state index contributed by atoms with van der Waals surface area (Å²) >= 11 is 2.11. The number of nitrogens with zero attached hydrogens (tertiary/aromatic N) is 1. The highest BCUT2D eigenvalue weighted by Crippen LogP contribution is 2.13. The van der Waals surface area contributed by atoms with Gasteiger partial charge in [0.25, 0.3) is 0 Å². The summed E-state index contributed by atoms with van der Waals surface area (Å²) in [6.07, 6.45) is 3.89. The molecule has 0 spiro atoms. The van der Waals surface area contributed by atoms with Crippen molar-refractivity contribution in [3.63, 3.8) is 0 Å². The monoisotopic (exact) mass is 230 g/mol. The Labute approximate surface area is 99.2 Å². The molecule has 2 nitrogen and oxygen atoms in total. The molecule has 0 bridgehead atoms. The second kappa shape index (κ2) is 8.43. The molecule has 15 heavy (non-hydrogen) atoms. The van der Waals surface area contributed by atoms with Crippen molar-refractivity contribution in [2.75, 3.05) is 37.7 Å². The van der Waals surface area contributed by atoms with Crippen LogP contribution in [0.5, 0.6) is 0 Å². The van der Waals surface area contributed by atoms with Gasteiger partial charge in [0.15, 0.2) is 0 Å². The van der Waals surface area contributed by atoms with Crippen molar-refractivity contribution < 1.29 is 0 Å². The third-order valence-corrected chi connectivity index (χ3v) is 4.10. The Morgan fingerprint density at radius 2 is 2.13 bits per heavy atom. The van der Waals surface area contributed by atoms with E-state index in [1.807, 2.05) is 0 Å². The normalized spacial score (nSPS) is 21.2. The topological polar surface area (TPSA) is 15.3 Å². The van der Waals surface area contributed by atoms with Crippen LogP contribution in [0.15, 0.2) is 0 Å². The largest absolute Gasteiger partial charge is 0.315 e. The van der Waals surface area contributed by atoms with Crippen LogP contribution in [-0.2, 0) is 0 Å². The molecule has 1 aliphatic heterocycles. The van der Waals surface area contributed by atoms with E-state index in [1.165, 1.54) is 56.9 Å². The van der Waals surface area contributed by atoms with Gasteiger partial charge in [0, 0.05) is 24.9 Å². The van der Waals surface area contributed by atoms with Crippen LogP contribution in [0.1, 0.15) is 33.1 Å². The molecule has 1 rings (SSSR count). The van der Waals surface area contributed by atoms with E-state index >= 15 is 0 Å². The van der Waals surface area contributed by atoms with Crippen LogP contribution in [0.3, 0.4) is 0 Å². The van der Waals surface area contributed by atoms with Crippen molar-refractivity contribution in [2.45, 2.75) is 39.2 Å². The number of hydrogen-bond donors (Lipinski definition) is 1. The Hall–Kier alpha value is 0.270. The molecule has 90 valence electrons. The van der Waals surface area contributed by atoms with Gasteiger partial charge in [-0.15, -0.1) is 0 Å². The lowest BCUT2D eigenvalue weighted by Crippen LogP contribution is -2.43. The molecule has 0 aliphatic carbocycles. The molecule has 1 unspecified atom stereocenters. The molecule has 1 saturated heterocycles. The molecule has 0 amide bonds. The van der Waals surface area contributed by atoms with Gasteiger partial charge < -0.3 is 5.32 Å². The third-order valence-electron chi connectivity index (χ3n) is 3.05. The smallest absolute Gasteiger partial charge is 0.0218 e. The van der Waals surface area contributed by atoms with E-state index in [0.29, 0.717) is 0 Å². The Kier molecular flexibility index (Phi) is 7.49. The summed E-state index contributed by atoms with van der Waals surface area (Å²) in [7, 11) is 0. The second-order valence-electron chi connectivity index (χ2n) is 4.27. The maximum Gasteiger partial charge on any atom is 0.0218 e. The Morgan fingerprint density at radius 1 is 1.27 bits per heavy atom. The van der Waals surface area contributed by atoms with Crippen molar-refractivity contribution in [1.29, 1.82) is 0 Å². The van der Waals surface area contributed by atoms with E-state index in [-0.39, 0.29) is 0 Å². The van der Waals surface area contributed by atoms with E-state index in [2.05, 4.69) is 35.8 Å². The molecule has 0 aromatic rings. The van der Waals surface area contributed by atoms with Crippen molar-refractivity contribution in [3.05, 3.63) is 0 Å². The standard InChI is InChI=1S/C12H26N2S/c1-3-6-13-11-12(4-2)14-7-5-9-15-10-8-14/h12-13H,3-11H2,1-2H3. The highest BCUT2D eigenvalue weighted by Gasteiger charge is 2.17. The van der Waals surface area contributed by atoms with Gasteiger partial charge in [0.2, 0.25) is 0 Å². The summed E-state index contributed by atoms with van der Waals surface area (Å²) in [5, 5.41) is 3.56. The van der Waals surface area contributed by atoms with E-state index in [0.717, 1.165) is 6.04 Å². The van der Waals surface area contributed by atoms with Gasteiger partial charge in [0.1, 0.15) is 0 Å². The predicted octanol–water partition coefficient (Wildman–Crippen LogP) is 2.20. The molecule has 0 aromatic carbocycles. The van der Waals surface area contributed by atoms with Crippen LogP contribution < -0.4 is 5.32 Å². The fraction of sp³-hybridized carbons (Fsp3) is 1.00. The van der Waals surface area contributed by atoms with Crippen LogP contribution in [0, 0.1) is 0 Å². The highest BCUT2D eigenvalue weighted by atomic mass is 32.2. The lowest BCUT2D eigenvalue weighted by atomic mass is 10.1. The van der Waals surface area contributed by atoms with Crippen molar-refractivity contribution >= 4 is 11.8 Å². The minimum Gasteiger partial charge on any atom is -0.315 e. The fourth-order valence-corrected chi connectivity index (χ4v) is 3.01. The molecule has 1 heterocycles. The van der Waals surface area contributed by atoms with Crippen molar-refractivity contribution in [1.82, 2.24) is 10.2 Å². The molecule has 3 heteroatoms. The molecule has 0 aromatic heterocycles. The average molecular weight is 230 g/mol. The lowest BCUT2D eigenvalue weighted by molar-refractivity contribution is 0.201. The van der Waals surface area contributed by atoms with Crippen LogP contribution in [-0.4, -0.2) is 48.6 Å². The molecular weight excluding hydrogens is 204 g/mol. The van der Waals surface area contributed by atoms with Gasteiger partial charge in [-0.1, -0.05) is 13.8 Å². The minimum absolute atomic E-state index is 0.759. The molecule has 0 saturated carbocycles. The van der Waals surface area contributed by atoms with Crippen LogP contribution in [0.4, 0.5) is 0 Å². The quantitative estimate of drug-likeness (QED) is 0.704. The molecule has 1 atom stereocenters. The van der Waals surface area contributed by atoms with Gasteiger partial charge >= 0.3 is 0 Å². The summed E-state index contributed by atoms with van der Waals surface area (Å²) in [6, 6.07) is 0.759. The van der Waals surface area contributed by atoms with Crippen LogP contribution in [0.25, 0.3) is 0 Å². The Morgan fingerprint density at radius 3 is 2.87 bits per heavy atom. The van der Waals surface area contributed by atoms with Gasteiger partial charge in [-0.05, 0) is 38.1 Å².